The van der Waals surface area contributed by atoms with E-state index in [0.717, 1.165) is 19.1 Å². The van der Waals surface area contributed by atoms with Crippen LogP contribution in [0.1, 0.15) is 42.9 Å². The van der Waals surface area contributed by atoms with E-state index >= 15 is 0 Å². The molecule has 0 aliphatic heterocycles. The van der Waals surface area contributed by atoms with Crippen LogP contribution < -0.4 is 0 Å². The summed E-state index contributed by atoms with van der Waals surface area (Å²) in [5, 5.41) is 0. The van der Waals surface area contributed by atoms with Gasteiger partial charge in [-0.05, 0) is 36.8 Å². The quantitative estimate of drug-likeness (QED) is 0.685. The molecule has 2 atom stereocenters. The normalized spacial score (nSPS) is 15.2. The number of aryl methyl sites for hydroxylation is 1. The molecule has 110 valence electrons. The molecule has 0 heterocycles. The number of carbonyl (C=O) groups excluding carboxylic acids is 1. The van der Waals surface area contributed by atoms with Crippen LogP contribution in [0.2, 0.25) is 0 Å². The molecule has 0 radical (unpaired) electrons. The first-order valence-electron chi connectivity index (χ1n) is 7.66. The maximum absolute atomic E-state index is 11.9. The summed E-state index contributed by atoms with van der Waals surface area (Å²) >= 11 is 0. The van der Waals surface area contributed by atoms with Crippen molar-refractivity contribution >= 4 is 6.29 Å². The molecular weight excluding hydrogens is 256 g/mol. The van der Waals surface area contributed by atoms with Gasteiger partial charge in [-0.15, -0.1) is 0 Å². The molecule has 0 fully saturated rings. The van der Waals surface area contributed by atoms with Crippen LogP contribution in [0.25, 0.3) is 0 Å². The van der Waals surface area contributed by atoms with E-state index in [1.807, 2.05) is 6.07 Å². The summed E-state index contributed by atoms with van der Waals surface area (Å²) in [4.78, 5) is 11.9. The average Bonchev–Trinajstić information content (AvgIpc) is 2.51. The molecule has 2 aromatic rings. The highest BCUT2D eigenvalue weighted by atomic mass is 16.1. The number of hydrogen-bond donors (Lipinski definition) is 0. The molecule has 0 saturated carbocycles. The maximum atomic E-state index is 11.9. The predicted molar refractivity (Wildman–Crippen MR) is 88.5 cm³/mol. The molecule has 1 heteroatoms. The smallest absolute Gasteiger partial charge is 0.126 e. The van der Waals surface area contributed by atoms with Crippen LogP contribution in [0, 0.1) is 12.3 Å². The molecule has 0 aromatic heterocycles. The SMILES string of the molecule is CCC(c1ccccc1)C(C)(C=O)Cc1ccc(C)cc1. The van der Waals surface area contributed by atoms with Gasteiger partial charge in [0.25, 0.3) is 0 Å². The van der Waals surface area contributed by atoms with Crippen LogP contribution >= 0.6 is 0 Å². The first-order chi connectivity index (χ1) is 10.1. The van der Waals surface area contributed by atoms with Crippen molar-refractivity contribution in [3.63, 3.8) is 0 Å². The van der Waals surface area contributed by atoms with Crippen LogP contribution in [0.5, 0.6) is 0 Å². The highest BCUT2D eigenvalue weighted by Gasteiger charge is 2.34. The summed E-state index contributed by atoms with van der Waals surface area (Å²) in [7, 11) is 0. The van der Waals surface area contributed by atoms with E-state index in [1.165, 1.54) is 16.7 Å². The molecular formula is C20H24O. The van der Waals surface area contributed by atoms with E-state index in [-0.39, 0.29) is 11.3 Å². The number of benzene rings is 2. The van der Waals surface area contributed by atoms with E-state index in [2.05, 4.69) is 69.3 Å². The van der Waals surface area contributed by atoms with Gasteiger partial charge in [-0.1, -0.05) is 74.0 Å². The fourth-order valence-electron chi connectivity index (χ4n) is 3.16. The van der Waals surface area contributed by atoms with Gasteiger partial charge in [0.2, 0.25) is 0 Å². The number of hydrogen-bond acceptors (Lipinski definition) is 1. The van der Waals surface area contributed by atoms with Crippen molar-refractivity contribution in [2.24, 2.45) is 5.41 Å². The minimum absolute atomic E-state index is 0.248. The Morgan fingerprint density at radius 1 is 1.05 bits per heavy atom. The van der Waals surface area contributed by atoms with Crippen molar-refractivity contribution in [3.05, 3.63) is 71.3 Å². The Kier molecular flexibility index (Phi) is 4.95. The number of aldehydes is 1. The Hall–Kier alpha value is -1.89. The van der Waals surface area contributed by atoms with Crippen LogP contribution in [0.15, 0.2) is 54.6 Å². The van der Waals surface area contributed by atoms with Crippen molar-refractivity contribution in [2.45, 2.75) is 39.5 Å². The molecule has 2 aromatic carbocycles. The average molecular weight is 280 g/mol. The van der Waals surface area contributed by atoms with Gasteiger partial charge in [-0.3, -0.25) is 0 Å². The Labute approximate surface area is 128 Å². The van der Waals surface area contributed by atoms with Gasteiger partial charge in [0, 0.05) is 5.41 Å². The maximum Gasteiger partial charge on any atom is 0.126 e. The topological polar surface area (TPSA) is 17.1 Å². The zero-order valence-electron chi connectivity index (χ0n) is 13.2. The van der Waals surface area contributed by atoms with Gasteiger partial charge in [0.15, 0.2) is 0 Å². The van der Waals surface area contributed by atoms with Crippen molar-refractivity contribution < 1.29 is 4.79 Å². The fourth-order valence-corrected chi connectivity index (χ4v) is 3.16. The largest absolute Gasteiger partial charge is 0.303 e. The van der Waals surface area contributed by atoms with Crippen molar-refractivity contribution in [1.29, 1.82) is 0 Å². The van der Waals surface area contributed by atoms with E-state index in [1.54, 1.807) is 0 Å². The Morgan fingerprint density at radius 2 is 1.67 bits per heavy atom. The molecule has 0 bridgehead atoms. The molecule has 0 aliphatic rings. The second-order valence-electron chi connectivity index (χ2n) is 6.16. The molecule has 0 N–H and O–H groups in total. The Bertz CT molecular complexity index is 571. The molecule has 1 nitrogen and oxygen atoms in total. The van der Waals surface area contributed by atoms with Crippen LogP contribution in [0.4, 0.5) is 0 Å². The summed E-state index contributed by atoms with van der Waals surface area (Å²) in [5.74, 6) is 0.248. The predicted octanol–water partition coefficient (Wildman–Crippen LogP) is 4.94. The molecule has 0 saturated heterocycles. The highest BCUT2D eigenvalue weighted by Crippen LogP contribution is 2.39. The highest BCUT2D eigenvalue weighted by molar-refractivity contribution is 5.62. The summed E-state index contributed by atoms with van der Waals surface area (Å²) in [6, 6.07) is 18.9. The second kappa shape index (κ2) is 6.71. The monoisotopic (exact) mass is 280 g/mol. The minimum Gasteiger partial charge on any atom is -0.303 e. The fraction of sp³-hybridized carbons (Fsp3) is 0.350. The molecule has 2 unspecified atom stereocenters. The third kappa shape index (κ3) is 3.60. The lowest BCUT2D eigenvalue weighted by atomic mass is 9.69. The summed E-state index contributed by atoms with van der Waals surface area (Å²) in [6.07, 6.45) is 2.89. The van der Waals surface area contributed by atoms with Gasteiger partial charge < -0.3 is 4.79 Å². The molecule has 0 amide bonds. The first-order valence-corrected chi connectivity index (χ1v) is 7.66. The third-order valence-corrected chi connectivity index (χ3v) is 4.38. The van der Waals surface area contributed by atoms with Gasteiger partial charge in [-0.25, -0.2) is 0 Å². The number of rotatable bonds is 6. The zero-order valence-corrected chi connectivity index (χ0v) is 13.2. The standard InChI is InChI=1S/C20H24O/c1-4-19(18-8-6-5-7-9-18)20(3,15-21)14-17-12-10-16(2)11-13-17/h5-13,15,19H,4,14H2,1-3H3. The van der Waals surface area contributed by atoms with Gasteiger partial charge in [0.05, 0.1) is 0 Å². The summed E-state index contributed by atoms with van der Waals surface area (Å²) in [6.45, 7) is 6.33. The van der Waals surface area contributed by atoms with Crippen LogP contribution in [-0.2, 0) is 11.2 Å². The van der Waals surface area contributed by atoms with Gasteiger partial charge in [0.1, 0.15) is 6.29 Å². The van der Waals surface area contributed by atoms with Crippen LogP contribution in [-0.4, -0.2) is 6.29 Å². The molecule has 0 spiro atoms. The van der Waals surface area contributed by atoms with E-state index in [0.29, 0.717) is 0 Å². The summed E-state index contributed by atoms with van der Waals surface area (Å²) in [5.41, 5.74) is 3.36. The van der Waals surface area contributed by atoms with Crippen molar-refractivity contribution in [2.75, 3.05) is 0 Å². The van der Waals surface area contributed by atoms with E-state index < -0.39 is 0 Å². The molecule has 0 aliphatic carbocycles. The van der Waals surface area contributed by atoms with Gasteiger partial charge in [-0.2, -0.15) is 0 Å². The lowest BCUT2D eigenvalue weighted by Gasteiger charge is -2.33. The second-order valence-corrected chi connectivity index (χ2v) is 6.16. The van der Waals surface area contributed by atoms with Gasteiger partial charge >= 0.3 is 0 Å². The molecule has 2 rings (SSSR count). The van der Waals surface area contributed by atoms with Crippen molar-refractivity contribution in [3.8, 4) is 0 Å². The third-order valence-electron chi connectivity index (χ3n) is 4.38. The van der Waals surface area contributed by atoms with Crippen LogP contribution in [0.3, 0.4) is 0 Å². The van der Waals surface area contributed by atoms with E-state index in [4.69, 9.17) is 0 Å². The number of carbonyl (C=O) groups is 1. The Balaban J connectivity index is 2.30. The molecule has 21 heavy (non-hydrogen) atoms. The first kappa shape index (κ1) is 15.5. The summed E-state index contributed by atoms with van der Waals surface area (Å²) < 4.78 is 0. The minimum atomic E-state index is -0.370. The Morgan fingerprint density at radius 3 is 2.19 bits per heavy atom. The lowest BCUT2D eigenvalue weighted by Crippen LogP contribution is -2.29. The zero-order chi connectivity index (χ0) is 15.3. The lowest BCUT2D eigenvalue weighted by molar-refractivity contribution is -0.116. The van der Waals surface area contributed by atoms with Crippen molar-refractivity contribution in [1.82, 2.24) is 0 Å². The van der Waals surface area contributed by atoms with E-state index in [9.17, 15) is 4.79 Å².